The van der Waals surface area contributed by atoms with Crippen LogP contribution in [-0.4, -0.2) is 26.3 Å². The lowest BCUT2D eigenvalue weighted by Gasteiger charge is -2.17. The van der Waals surface area contributed by atoms with Crippen LogP contribution in [0.25, 0.3) is 21.8 Å². The second-order valence-electron chi connectivity index (χ2n) is 6.83. The fourth-order valence-electron chi connectivity index (χ4n) is 3.29. The molecule has 0 amide bonds. The van der Waals surface area contributed by atoms with Crippen molar-refractivity contribution in [2.45, 2.75) is 6.92 Å². The molecule has 9 heteroatoms. The Morgan fingerprint density at radius 2 is 1.74 bits per heavy atom. The predicted octanol–water partition coefficient (Wildman–Crippen LogP) is 4.91. The Bertz CT molecular complexity index is 1360. The van der Waals surface area contributed by atoms with Crippen molar-refractivity contribution >= 4 is 67.0 Å². The predicted molar refractivity (Wildman–Crippen MR) is 130 cm³/mol. The number of hydrogen-bond acceptors (Lipinski definition) is 6. The van der Waals surface area contributed by atoms with E-state index in [4.69, 9.17) is 15.5 Å². The Morgan fingerprint density at radius 3 is 2.48 bits per heavy atom. The zero-order chi connectivity index (χ0) is 21.3. The van der Waals surface area contributed by atoms with Crippen LogP contribution < -0.4 is 20.5 Å². The molecular formula is C22H23ClN4O3S. The van der Waals surface area contributed by atoms with E-state index in [1.54, 1.807) is 32.2 Å². The summed E-state index contributed by atoms with van der Waals surface area (Å²) in [7, 11) is -1.83. The van der Waals surface area contributed by atoms with Crippen LogP contribution in [0.15, 0.2) is 60.7 Å². The fraction of sp³-hybridized carbons (Fsp3) is 0.136. The molecule has 0 saturated heterocycles. The molecule has 7 nitrogen and oxygen atoms in total. The minimum absolute atomic E-state index is 0. The van der Waals surface area contributed by atoms with Gasteiger partial charge in [-0.3, -0.25) is 4.72 Å². The molecule has 0 aliphatic carbocycles. The molecule has 0 saturated carbocycles. The molecule has 31 heavy (non-hydrogen) atoms. The van der Waals surface area contributed by atoms with Gasteiger partial charge in [-0.05, 0) is 43.3 Å². The molecule has 162 valence electrons. The summed E-state index contributed by atoms with van der Waals surface area (Å²) in [5.41, 5.74) is 10.2. The molecule has 1 heterocycles. The number of benzene rings is 3. The molecule has 4 rings (SSSR count). The molecular weight excluding hydrogens is 436 g/mol. The summed E-state index contributed by atoms with van der Waals surface area (Å²) in [4.78, 5) is 4.72. The quantitative estimate of drug-likeness (QED) is 0.280. The second kappa shape index (κ2) is 8.87. The number of methoxy groups -OCH3 is 1. The number of rotatable bonds is 6. The number of nitrogens with two attached hydrogens (primary N) is 1. The third kappa shape index (κ3) is 4.60. The van der Waals surface area contributed by atoms with Crippen LogP contribution in [0.4, 0.5) is 22.7 Å². The highest BCUT2D eigenvalue weighted by Gasteiger charge is 2.14. The maximum Gasteiger partial charge on any atom is 0.232 e. The van der Waals surface area contributed by atoms with Gasteiger partial charge in [0.15, 0.2) is 0 Å². The summed E-state index contributed by atoms with van der Waals surface area (Å²) in [6, 6.07) is 18.6. The molecule has 0 aliphatic heterocycles. The molecule has 1 aromatic heterocycles. The van der Waals surface area contributed by atoms with Crippen LogP contribution in [-0.2, 0) is 10.0 Å². The highest BCUT2D eigenvalue weighted by atomic mass is 35.5. The molecule has 4 aromatic rings. The van der Waals surface area contributed by atoms with Gasteiger partial charge in [0.2, 0.25) is 10.0 Å². The second-order valence-corrected chi connectivity index (χ2v) is 8.84. The lowest BCUT2D eigenvalue weighted by Crippen LogP contribution is -2.14. The number of sulfonamides is 1. The van der Waals surface area contributed by atoms with Crippen molar-refractivity contribution in [1.82, 2.24) is 4.98 Å². The maximum atomic E-state index is 11.9. The lowest BCUT2D eigenvalue weighted by atomic mass is 10.1. The number of ether oxygens (including phenoxy) is 1. The first kappa shape index (κ1) is 22.5. The van der Waals surface area contributed by atoms with Gasteiger partial charge in [0.1, 0.15) is 5.75 Å². The van der Waals surface area contributed by atoms with E-state index in [-0.39, 0.29) is 18.2 Å². The van der Waals surface area contributed by atoms with Gasteiger partial charge in [-0.25, -0.2) is 13.4 Å². The summed E-state index contributed by atoms with van der Waals surface area (Å²) in [6.45, 7) is 1.59. The Balaban J connectivity index is 0.00000272. The normalized spacial score (nSPS) is 11.2. The number of para-hydroxylation sites is 1. The monoisotopic (exact) mass is 458 g/mol. The summed E-state index contributed by atoms with van der Waals surface area (Å²) >= 11 is 0. The first-order valence-electron chi connectivity index (χ1n) is 9.43. The number of aromatic nitrogens is 1. The fourth-order valence-corrected chi connectivity index (χ4v) is 3.92. The number of pyridine rings is 1. The molecule has 0 aliphatic rings. The van der Waals surface area contributed by atoms with Gasteiger partial charge in [0.25, 0.3) is 0 Å². The number of nitrogen functional groups attached to an aromatic ring is 1. The standard InChI is InChI=1S/C22H22N4O3S.ClH/c1-3-30(27,28)26-15-9-11-19(21(13-15)29-2)25-22-16-6-4-5-7-18(16)24-20-12-14(23)8-10-17(20)22;/h4-13,26H,3,23H2,1-2H3,(H,24,25);1H. The summed E-state index contributed by atoms with van der Waals surface area (Å²) in [5.74, 6) is 0.503. The SMILES string of the molecule is CCS(=O)(=O)Nc1ccc(Nc2c3ccccc3nc3cc(N)ccc23)c(OC)c1.Cl. The Labute approximate surface area is 187 Å². The zero-order valence-electron chi connectivity index (χ0n) is 17.0. The smallest absolute Gasteiger partial charge is 0.232 e. The van der Waals surface area contributed by atoms with E-state index in [0.717, 1.165) is 27.5 Å². The van der Waals surface area contributed by atoms with Gasteiger partial charge in [-0.15, -0.1) is 12.4 Å². The van der Waals surface area contributed by atoms with E-state index in [1.807, 2.05) is 42.5 Å². The minimum Gasteiger partial charge on any atom is -0.494 e. The number of nitrogens with zero attached hydrogens (tertiary/aromatic N) is 1. The van der Waals surface area contributed by atoms with E-state index < -0.39 is 10.0 Å². The van der Waals surface area contributed by atoms with Crippen molar-refractivity contribution in [3.05, 3.63) is 60.7 Å². The third-order valence-corrected chi connectivity index (χ3v) is 6.13. The van der Waals surface area contributed by atoms with Crippen molar-refractivity contribution in [3.63, 3.8) is 0 Å². The van der Waals surface area contributed by atoms with Gasteiger partial charge in [0, 0.05) is 22.5 Å². The van der Waals surface area contributed by atoms with Crippen LogP contribution in [0, 0.1) is 0 Å². The van der Waals surface area contributed by atoms with Gasteiger partial charge < -0.3 is 15.8 Å². The first-order valence-corrected chi connectivity index (χ1v) is 11.1. The van der Waals surface area contributed by atoms with Gasteiger partial charge in [-0.2, -0.15) is 0 Å². The highest BCUT2D eigenvalue weighted by molar-refractivity contribution is 7.92. The van der Waals surface area contributed by atoms with E-state index in [9.17, 15) is 8.42 Å². The molecule has 3 aromatic carbocycles. The third-order valence-electron chi connectivity index (χ3n) is 4.82. The molecule has 0 atom stereocenters. The number of hydrogen-bond donors (Lipinski definition) is 3. The number of nitrogens with one attached hydrogen (secondary N) is 2. The molecule has 0 radical (unpaired) electrons. The number of fused-ring (bicyclic) bond motifs is 2. The molecule has 0 fully saturated rings. The number of anilines is 4. The summed E-state index contributed by atoms with van der Waals surface area (Å²) in [6.07, 6.45) is 0. The van der Waals surface area contributed by atoms with Crippen molar-refractivity contribution in [1.29, 1.82) is 0 Å². The minimum atomic E-state index is -3.38. The maximum absolute atomic E-state index is 11.9. The molecule has 0 bridgehead atoms. The highest BCUT2D eigenvalue weighted by Crippen LogP contribution is 2.37. The van der Waals surface area contributed by atoms with Crippen molar-refractivity contribution in [3.8, 4) is 5.75 Å². The van der Waals surface area contributed by atoms with Crippen LogP contribution in [0.2, 0.25) is 0 Å². The number of halogens is 1. The largest absolute Gasteiger partial charge is 0.494 e. The van der Waals surface area contributed by atoms with Crippen molar-refractivity contribution in [2.24, 2.45) is 0 Å². The van der Waals surface area contributed by atoms with Crippen molar-refractivity contribution in [2.75, 3.05) is 28.6 Å². The van der Waals surface area contributed by atoms with E-state index in [2.05, 4.69) is 10.0 Å². The van der Waals surface area contributed by atoms with E-state index >= 15 is 0 Å². The average molecular weight is 459 g/mol. The Morgan fingerprint density at radius 1 is 1.00 bits per heavy atom. The summed E-state index contributed by atoms with van der Waals surface area (Å²) in [5, 5.41) is 5.32. The first-order chi connectivity index (χ1) is 14.4. The van der Waals surface area contributed by atoms with Crippen LogP contribution in [0.3, 0.4) is 0 Å². The van der Waals surface area contributed by atoms with Crippen molar-refractivity contribution < 1.29 is 13.2 Å². The van der Waals surface area contributed by atoms with E-state index in [0.29, 0.717) is 22.8 Å². The van der Waals surface area contributed by atoms with Gasteiger partial charge in [0.05, 0.1) is 41.0 Å². The van der Waals surface area contributed by atoms with Crippen LogP contribution in [0.1, 0.15) is 6.92 Å². The lowest BCUT2D eigenvalue weighted by molar-refractivity contribution is 0.417. The van der Waals surface area contributed by atoms with E-state index in [1.165, 1.54) is 0 Å². The van der Waals surface area contributed by atoms with Gasteiger partial charge in [-0.1, -0.05) is 18.2 Å². The van der Waals surface area contributed by atoms with Crippen LogP contribution >= 0.6 is 12.4 Å². The van der Waals surface area contributed by atoms with Gasteiger partial charge >= 0.3 is 0 Å². The zero-order valence-corrected chi connectivity index (χ0v) is 18.7. The molecule has 4 N–H and O–H groups in total. The topological polar surface area (TPSA) is 106 Å². The summed E-state index contributed by atoms with van der Waals surface area (Å²) < 4.78 is 31.8. The molecule has 0 unspecified atom stereocenters. The molecule has 0 spiro atoms. The Hall–Kier alpha value is -3.23. The Kier molecular flexibility index (Phi) is 6.42. The van der Waals surface area contributed by atoms with Crippen LogP contribution in [0.5, 0.6) is 5.75 Å². The average Bonchev–Trinajstić information content (AvgIpc) is 2.74.